The standard InChI is InChI=1S/C26H26FN5O/c1-16-10-12-31(13-11-16)24-17(2)26(33)32(20-7-9-22(29-15-20)18-4-5-18)25(30-24)19-6-8-23(28-3)21(27)14-19/h6-9,14-16,18H,4-5,10-13H2,1-2H3. The normalized spacial score (nSPS) is 16.6. The average Bonchev–Trinajstić information content (AvgIpc) is 3.67. The third-order valence-electron chi connectivity index (χ3n) is 6.72. The van der Waals surface area contributed by atoms with Crippen LogP contribution in [0.4, 0.5) is 15.9 Å². The Hall–Kier alpha value is -3.53. The van der Waals surface area contributed by atoms with Crippen molar-refractivity contribution in [2.45, 2.75) is 45.4 Å². The van der Waals surface area contributed by atoms with Gasteiger partial charge in [-0.2, -0.15) is 0 Å². The summed E-state index contributed by atoms with van der Waals surface area (Å²) in [5, 5.41) is 0. The molecule has 6 nitrogen and oxygen atoms in total. The molecule has 0 unspecified atom stereocenters. The van der Waals surface area contributed by atoms with Crippen molar-refractivity contribution in [1.29, 1.82) is 0 Å². The van der Waals surface area contributed by atoms with E-state index in [1.54, 1.807) is 19.2 Å². The zero-order valence-corrected chi connectivity index (χ0v) is 18.9. The minimum absolute atomic E-state index is 0.0551. The van der Waals surface area contributed by atoms with Crippen LogP contribution in [0.15, 0.2) is 41.3 Å². The number of piperidine rings is 1. The van der Waals surface area contributed by atoms with Gasteiger partial charge < -0.3 is 4.90 Å². The molecular weight excluding hydrogens is 417 g/mol. The van der Waals surface area contributed by atoms with Crippen LogP contribution in [0.1, 0.15) is 49.8 Å². The van der Waals surface area contributed by atoms with Crippen LogP contribution in [0.25, 0.3) is 21.9 Å². The average molecular weight is 444 g/mol. The minimum Gasteiger partial charge on any atom is -0.356 e. The number of hydrogen-bond donors (Lipinski definition) is 0. The number of anilines is 1. The Morgan fingerprint density at radius 2 is 1.88 bits per heavy atom. The van der Waals surface area contributed by atoms with E-state index in [0.717, 1.165) is 44.5 Å². The third kappa shape index (κ3) is 4.02. The molecule has 0 atom stereocenters. The lowest BCUT2D eigenvalue weighted by Gasteiger charge is -2.32. The lowest BCUT2D eigenvalue weighted by Crippen LogP contribution is -2.36. The highest BCUT2D eigenvalue weighted by Crippen LogP contribution is 2.39. The molecule has 1 aliphatic carbocycles. The maximum absolute atomic E-state index is 14.5. The largest absolute Gasteiger partial charge is 0.356 e. The van der Waals surface area contributed by atoms with Gasteiger partial charge in [0.25, 0.3) is 5.56 Å². The van der Waals surface area contributed by atoms with Gasteiger partial charge in [0.1, 0.15) is 17.5 Å². The van der Waals surface area contributed by atoms with Crippen molar-refractivity contribution in [3.63, 3.8) is 0 Å². The number of nitrogens with zero attached hydrogens (tertiary/aromatic N) is 5. The van der Waals surface area contributed by atoms with Crippen LogP contribution in [-0.4, -0.2) is 27.6 Å². The van der Waals surface area contributed by atoms with Crippen LogP contribution in [-0.2, 0) is 0 Å². The molecule has 2 aromatic heterocycles. The Kier molecular flexibility index (Phi) is 5.45. The summed E-state index contributed by atoms with van der Waals surface area (Å²) < 4.78 is 16.1. The summed E-state index contributed by atoms with van der Waals surface area (Å²) in [7, 11) is 0. The van der Waals surface area contributed by atoms with Gasteiger partial charge in [-0.05, 0) is 56.7 Å². The maximum atomic E-state index is 14.5. The molecule has 0 radical (unpaired) electrons. The van der Waals surface area contributed by atoms with Gasteiger partial charge >= 0.3 is 0 Å². The van der Waals surface area contributed by atoms with Crippen molar-refractivity contribution in [2.75, 3.05) is 18.0 Å². The van der Waals surface area contributed by atoms with E-state index in [-0.39, 0.29) is 11.2 Å². The zero-order chi connectivity index (χ0) is 23.1. The van der Waals surface area contributed by atoms with Crippen molar-refractivity contribution in [3.8, 4) is 17.1 Å². The molecule has 2 aliphatic rings. The van der Waals surface area contributed by atoms with E-state index >= 15 is 0 Å². The number of benzene rings is 1. The first-order chi connectivity index (χ1) is 16.0. The molecule has 3 aromatic rings. The molecule has 168 valence electrons. The Labute approximate surface area is 192 Å². The number of halogens is 1. The van der Waals surface area contributed by atoms with Crippen LogP contribution in [0.5, 0.6) is 0 Å². The van der Waals surface area contributed by atoms with Crippen LogP contribution in [0, 0.1) is 25.2 Å². The topological polar surface area (TPSA) is 55.4 Å². The molecule has 1 saturated heterocycles. The lowest BCUT2D eigenvalue weighted by atomic mass is 9.99. The highest BCUT2D eigenvalue weighted by Gasteiger charge is 2.26. The summed E-state index contributed by atoms with van der Waals surface area (Å²) in [4.78, 5) is 28.5. The van der Waals surface area contributed by atoms with Crippen LogP contribution >= 0.6 is 0 Å². The summed E-state index contributed by atoms with van der Waals surface area (Å²) in [6.07, 6.45) is 6.08. The minimum atomic E-state index is -0.626. The van der Waals surface area contributed by atoms with Gasteiger partial charge in [-0.1, -0.05) is 19.1 Å². The van der Waals surface area contributed by atoms with Crippen molar-refractivity contribution in [1.82, 2.24) is 14.5 Å². The number of rotatable bonds is 4. The Balaban J connectivity index is 1.68. The summed E-state index contributed by atoms with van der Waals surface area (Å²) in [6, 6.07) is 8.22. The molecule has 0 bridgehead atoms. The molecule has 2 fully saturated rings. The van der Waals surface area contributed by atoms with E-state index in [0.29, 0.717) is 40.3 Å². The Morgan fingerprint density at radius 3 is 2.48 bits per heavy atom. The fourth-order valence-corrected chi connectivity index (χ4v) is 4.44. The van der Waals surface area contributed by atoms with Gasteiger partial charge in [0.15, 0.2) is 0 Å². The quantitative estimate of drug-likeness (QED) is 0.506. The molecule has 0 N–H and O–H groups in total. The molecule has 5 rings (SSSR count). The summed E-state index contributed by atoms with van der Waals surface area (Å²) in [5.74, 6) is 1.53. The fourth-order valence-electron chi connectivity index (χ4n) is 4.44. The smallest absolute Gasteiger partial charge is 0.263 e. The van der Waals surface area contributed by atoms with E-state index in [2.05, 4.69) is 21.7 Å². The van der Waals surface area contributed by atoms with Gasteiger partial charge in [0.2, 0.25) is 5.69 Å². The summed E-state index contributed by atoms with van der Waals surface area (Å²) in [5.41, 5.74) is 2.41. The van der Waals surface area contributed by atoms with Crippen LogP contribution < -0.4 is 10.5 Å². The van der Waals surface area contributed by atoms with E-state index in [1.807, 2.05) is 12.1 Å². The van der Waals surface area contributed by atoms with Crippen molar-refractivity contribution >= 4 is 11.5 Å². The van der Waals surface area contributed by atoms with E-state index in [9.17, 15) is 9.18 Å². The molecule has 3 heterocycles. The fraction of sp³-hybridized carbons (Fsp3) is 0.385. The van der Waals surface area contributed by atoms with Gasteiger partial charge in [0, 0.05) is 30.3 Å². The zero-order valence-electron chi connectivity index (χ0n) is 18.9. The third-order valence-corrected chi connectivity index (χ3v) is 6.72. The van der Waals surface area contributed by atoms with Gasteiger partial charge in [-0.15, -0.1) is 0 Å². The van der Waals surface area contributed by atoms with Gasteiger partial charge in [-0.3, -0.25) is 14.3 Å². The summed E-state index contributed by atoms with van der Waals surface area (Å²) >= 11 is 0. The van der Waals surface area contributed by atoms with Crippen LogP contribution in [0.2, 0.25) is 0 Å². The monoisotopic (exact) mass is 443 g/mol. The Bertz CT molecular complexity index is 1300. The van der Waals surface area contributed by atoms with Crippen molar-refractivity contribution in [2.24, 2.45) is 5.92 Å². The predicted molar refractivity (Wildman–Crippen MR) is 127 cm³/mol. The molecule has 1 aromatic carbocycles. The molecule has 1 aliphatic heterocycles. The van der Waals surface area contributed by atoms with Crippen molar-refractivity contribution in [3.05, 3.63) is 75.4 Å². The maximum Gasteiger partial charge on any atom is 0.263 e. The SMILES string of the molecule is [C-]#[N+]c1ccc(-c2nc(N3CCC(C)CC3)c(C)c(=O)n2-c2ccc(C3CC3)nc2)cc1F. The first kappa shape index (κ1) is 21.3. The molecule has 33 heavy (non-hydrogen) atoms. The first-order valence-corrected chi connectivity index (χ1v) is 11.5. The Morgan fingerprint density at radius 1 is 1.12 bits per heavy atom. The summed E-state index contributed by atoms with van der Waals surface area (Å²) in [6.45, 7) is 12.8. The second-order valence-electron chi connectivity index (χ2n) is 9.19. The number of pyridine rings is 1. The second kappa shape index (κ2) is 8.43. The number of hydrogen-bond acceptors (Lipinski definition) is 4. The number of aromatic nitrogens is 3. The predicted octanol–water partition coefficient (Wildman–Crippen LogP) is 5.41. The molecule has 0 amide bonds. The molecule has 1 saturated carbocycles. The first-order valence-electron chi connectivity index (χ1n) is 11.5. The van der Waals surface area contributed by atoms with Gasteiger partial charge in [0.05, 0.1) is 24.0 Å². The lowest BCUT2D eigenvalue weighted by molar-refractivity contribution is 0.436. The van der Waals surface area contributed by atoms with E-state index < -0.39 is 5.82 Å². The molecule has 0 spiro atoms. The van der Waals surface area contributed by atoms with Crippen LogP contribution in [0.3, 0.4) is 0 Å². The van der Waals surface area contributed by atoms with Crippen molar-refractivity contribution < 1.29 is 4.39 Å². The molecule has 7 heteroatoms. The van der Waals surface area contributed by atoms with E-state index in [4.69, 9.17) is 11.6 Å². The van der Waals surface area contributed by atoms with E-state index in [1.165, 1.54) is 16.7 Å². The second-order valence-corrected chi connectivity index (χ2v) is 9.19. The highest BCUT2D eigenvalue weighted by atomic mass is 19.1. The van der Waals surface area contributed by atoms with Gasteiger partial charge in [-0.25, -0.2) is 14.2 Å². The molecular formula is C26H26FN5O. The highest BCUT2D eigenvalue weighted by molar-refractivity contribution is 5.65.